The largest absolute Gasteiger partial charge is 0.256 e. The molecule has 0 spiro atoms. The summed E-state index contributed by atoms with van der Waals surface area (Å²) in [6.07, 6.45) is 0. The van der Waals surface area contributed by atoms with Crippen molar-refractivity contribution in [2.45, 2.75) is 11.5 Å². The van der Waals surface area contributed by atoms with Gasteiger partial charge in [-0.05, 0) is 33.1 Å². The molecule has 1 unspecified atom stereocenters. The first-order valence-corrected chi connectivity index (χ1v) is 13.0. The Balaban J connectivity index is 1.88. The molecule has 3 nitrogen and oxygen atoms in total. The third-order valence-corrected chi connectivity index (χ3v) is 9.28. The lowest BCUT2D eigenvalue weighted by Crippen LogP contribution is -2.16. The molecule has 0 aromatic heterocycles. The molecule has 0 aliphatic carbocycles. The maximum absolute atomic E-state index is 12.4. The molecule has 23 heavy (non-hydrogen) atoms. The monoisotopic (exact) mass is 386 g/mol. The predicted octanol–water partition coefficient (Wildman–Crippen LogP) is 3.20. The Morgan fingerprint density at radius 2 is 1.30 bits per heavy atom. The topological polar surface area (TPSA) is 51.2 Å². The molecule has 0 fully saturated rings. The van der Waals surface area contributed by atoms with Gasteiger partial charge < -0.3 is 0 Å². The summed E-state index contributed by atoms with van der Waals surface area (Å²) in [5, 5.41) is 0. The summed E-state index contributed by atoms with van der Waals surface area (Å²) in [6.45, 7) is 0. The van der Waals surface area contributed by atoms with Gasteiger partial charge in [-0.15, -0.1) is 0 Å². The van der Waals surface area contributed by atoms with E-state index in [0.717, 1.165) is 21.9 Å². The number of hydrogen-bond donors (Lipinski definition) is 0. The molecule has 0 N–H and O–H groups in total. The standard InChI is InChI=1S/C16H18O3S4/c17-22(20,14-16-9-5-2-6-10-16)11-12-23(18,19)21-13-15-7-3-1-4-8-15/h1-10H,11-14H2. The third kappa shape index (κ3) is 7.03. The second-order valence-electron chi connectivity index (χ2n) is 5.09. The fourth-order valence-corrected chi connectivity index (χ4v) is 8.16. The van der Waals surface area contributed by atoms with Crippen LogP contribution in [0, 0.1) is 0 Å². The molecule has 2 aromatic rings. The van der Waals surface area contributed by atoms with E-state index in [2.05, 4.69) is 0 Å². The van der Waals surface area contributed by atoms with Gasteiger partial charge in [-0.1, -0.05) is 60.7 Å². The highest BCUT2D eigenvalue weighted by Crippen LogP contribution is 2.20. The van der Waals surface area contributed by atoms with Crippen LogP contribution in [0.15, 0.2) is 60.7 Å². The molecule has 7 heteroatoms. The van der Waals surface area contributed by atoms with Crippen LogP contribution in [0.5, 0.6) is 0 Å². The second-order valence-corrected chi connectivity index (χ2v) is 13.4. The Bertz CT molecular complexity index is 814. The zero-order chi connectivity index (χ0) is 16.8. The Morgan fingerprint density at radius 3 is 1.87 bits per heavy atom. The molecule has 124 valence electrons. The second kappa shape index (κ2) is 8.28. The first-order valence-electron chi connectivity index (χ1n) is 7.02. The normalized spacial score (nSPS) is 14.3. The average molecular weight is 387 g/mol. The minimum Gasteiger partial charge on any atom is -0.256 e. The Kier molecular flexibility index (Phi) is 6.64. The quantitative estimate of drug-likeness (QED) is 0.652. The lowest BCUT2D eigenvalue weighted by Gasteiger charge is -2.08. The lowest BCUT2D eigenvalue weighted by molar-refractivity contribution is 0.611. The molecule has 0 aliphatic heterocycles. The van der Waals surface area contributed by atoms with Gasteiger partial charge in [0.05, 0.1) is 11.5 Å². The van der Waals surface area contributed by atoms with Gasteiger partial charge in [0.2, 0.25) is 8.87 Å². The maximum Gasteiger partial charge on any atom is 0.202 e. The van der Waals surface area contributed by atoms with E-state index in [-0.39, 0.29) is 17.3 Å². The van der Waals surface area contributed by atoms with Crippen LogP contribution in [0.1, 0.15) is 11.1 Å². The van der Waals surface area contributed by atoms with Crippen molar-refractivity contribution in [3.05, 3.63) is 71.8 Å². The van der Waals surface area contributed by atoms with Gasteiger partial charge in [0.1, 0.15) is 0 Å². The van der Waals surface area contributed by atoms with Crippen LogP contribution in [0.2, 0.25) is 0 Å². The first-order chi connectivity index (χ1) is 10.9. The van der Waals surface area contributed by atoms with Crippen molar-refractivity contribution >= 4 is 39.3 Å². The SMILES string of the molecule is O=S(=O)(CCS(=O)(=S)Cc1ccccc1)SCc1ccccc1. The van der Waals surface area contributed by atoms with Gasteiger partial charge in [0.15, 0.2) is 0 Å². The van der Waals surface area contributed by atoms with Gasteiger partial charge >= 0.3 is 0 Å². The summed E-state index contributed by atoms with van der Waals surface area (Å²) in [5.74, 6) is 0.490. The van der Waals surface area contributed by atoms with E-state index in [1.54, 1.807) is 0 Å². The molecular weight excluding hydrogens is 368 g/mol. The summed E-state index contributed by atoms with van der Waals surface area (Å²) in [6, 6.07) is 18.7. The van der Waals surface area contributed by atoms with E-state index in [0.29, 0.717) is 5.75 Å². The van der Waals surface area contributed by atoms with Crippen LogP contribution < -0.4 is 0 Å². The van der Waals surface area contributed by atoms with E-state index < -0.39 is 17.4 Å². The summed E-state index contributed by atoms with van der Waals surface area (Å²) in [5.41, 5.74) is 1.83. The molecule has 1 atom stereocenters. The molecule has 0 aliphatic rings. The van der Waals surface area contributed by atoms with Crippen molar-refractivity contribution in [2.75, 3.05) is 11.5 Å². The van der Waals surface area contributed by atoms with Crippen molar-refractivity contribution in [2.24, 2.45) is 0 Å². The Labute approximate surface area is 146 Å². The third-order valence-electron chi connectivity index (χ3n) is 3.12. The van der Waals surface area contributed by atoms with Crippen molar-refractivity contribution in [1.82, 2.24) is 0 Å². The minimum atomic E-state index is -3.33. The van der Waals surface area contributed by atoms with Crippen LogP contribution in [0.4, 0.5) is 0 Å². The molecule has 0 heterocycles. The van der Waals surface area contributed by atoms with Crippen molar-refractivity contribution in [1.29, 1.82) is 0 Å². The molecule has 0 radical (unpaired) electrons. The molecule has 2 aromatic carbocycles. The van der Waals surface area contributed by atoms with Crippen molar-refractivity contribution < 1.29 is 12.6 Å². The van der Waals surface area contributed by atoms with E-state index in [1.165, 1.54) is 0 Å². The summed E-state index contributed by atoms with van der Waals surface area (Å²) >= 11 is 5.13. The van der Waals surface area contributed by atoms with Crippen molar-refractivity contribution in [3.8, 4) is 0 Å². The zero-order valence-electron chi connectivity index (χ0n) is 12.5. The van der Waals surface area contributed by atoms with Gasteiger partial charge in [-0.3, -0.25) is 4.21 Å². The highest BCUT2D eigenvalue weighted by molar-refractivity contribution is 8.71. The fourth-order valence-electron chi connectivity index (χ4n) is 1.92. The Hall–Kier alpha value is -0.890. The lowest BCUT2D eigenvalue weighted by atomic mass is 10.2. The Morgan fingerprint density at radius 1 is 0.783 bits per heavy atom. The van der Waals surface area contributed by atoms with Crippen LogP contribution in [0.3, 0.4) is 0 Å². The fraction of sp³-hybridized carbons (Fsp3) is 0.250. The van der Waals surface area contributed by atoms with E-state index in [4.69, 9.17) is 11.2 Å². The minimum absolute atomic E-state index is 0.0152. The van der Waals surface area contributed by atoms with Gasteiger partial charge in [-0.2, -0.15) is 0 Å². The van der Waals surface area contributed by atoms with E-state index in [9.17, 15) is 12.6 Å². The number of rotatable bonds is 8. The van der Waals surface area contributed by atoms with Gasteiger partial charge in [-0.25, -0.2) is 8.42 Å². The summed E-state index contributed by atoms with van der Waals surface area (Å²) in [7, 11) is -5.07. The highest BCUT2D eigenvalue weighted by Gasteiger charge is 2.17. The predicted molar refractivity (Wildman–Crippen MR) is 102 cm³/mol. The first kappa shape index (κ1) is 18.4. The number of benzene rings is 2. The number of hydrogen-bond acceptors (Lipinski definition) is 5. The maximum atomic E-state index is 12.4. The zero-order valence-corrected chi connectivity index (χ0v) is 15.7. The van der Waals surface area contributed by atoms with E-state index in [1.807, 2.05) is 60.7 Å². The van der Waals surface area contributed by atoms with Crippen molar-refractivity contribution in [3.63, 3.8) is 0 Å². The average Bonchev–Trinajstić information content (AvgIpc) is 2.53. The van der Waals surface area contributed by atoms with E-state index >= 15 is 0 Å². The molecule has 2 rings (SSSR count). The van der Waals surface area contributed by atoms with Gasteiger partial charge in [0, 0.05) is 20.0 Å². The summed E-state index contributed by atoms with van der Waals surface area (Å²) < 4.78 is 36.6. The van der Waals surface area contributed by atoms with Gasteiger partial charge in [0.25, 0.3) is 0 Å². The van der Waals surface area contributed by atoms with Crippen LogP contribution in [0.25, 0.3) is 0 Å². The molecule has 0 amide bonds. The molecular formula is C16H18O3S4. The van der Waals surface area contributed by atoms with Crippen LogP contribution in [-0.2, 0) is 40.1 Å². The molecule has 0 bridgehead atoms. The smallest absolute Gasteiger partial charge is 0.202 e. The van der Waals surface area contributed by atoms with Crippen LogP contribution in [-0.4, -0.2) is 24.1 Å². The summed E-state index contributed by atoms with van der Waals surface area (Å²) in [4.78, 5) is 0. The molecule has 0 saturated heterocycles. The molecule has 0 saturated carbocycles. The highest BCUT2D eigenvalue weighted by atomic mass is 33.1. The van der Waals surface area contributed by atoms with Crippen LogP contribution >= 0.6 is 10.8 Å².